The number of nitrogens with one attached hydrogen (secondary N) is 1. The van der Waals surface area contributed by atoms with Crippen LogP contribution in [-0.4, -0.2) is 41.3 Å². The van der Waals surface area contributed by atoms with Crippen molar-refractivity contribution in [3.8, 4) is 16.5 Å². The highest BCUT2D eigenvalue weighted by atomic mass is 32.2. The van der Waals surface area contributed by atoms with E-state index in [1.165, 1.54) is 28.5 Å². The first kappa shape index (κ1) is 26.9. The fourth-order valence-corrected chi connectivity index (χ4v) is 5.78. The lowest BCUT2D eigenvalue weighted by atomic mass is 10.0. The largest absolute Gasteiger partial charge is 0.380 e. The first-order valence-electron chi connectivity index (χ1n) is 12.0. The van der Waals surface area contributed by atoms with Crippen molar-refractivity contribution < 1.29 is 13.2 Å². The van der Waals surface area contributed by atoms with E-state index in [-0.39, 0.29) is 18.1 Å². The van der Waals surface area contributed by atoms with Crippen molar-refractivity contribution in [3.05, 3.63) is 58.3 Å². The molecule has 186 valence electrons. The quantitative estimate of drug-likeness (QED) is 0.224. The van der Waals surface area contributed by atoms with Crippen LogP contribution in [0.25, 0.3) is 27.3 Å². The van der Waals surface area contributed by atoms with Crippen molar-refractivity contribution in [2.24, 2.45) is 0 Å². The topological polar surface area (TPSA) is 82.4 Å². The van der Waals surface area contributed by atoms with Gasteiger partial charge in [-0.2, -0.15) is 5.26 Å². The van der Waals surface area contributed by atoms with Crippen molar-refractivity contribution in [2.45, 2.75) is 33.6 Å². The Morgan fingerprint density at radius 3 is 2.46 bits per heavy atom. The van der Waals surface area contributed by atoms with Gasteiger partial charge in [0.2, 0.25) is 0 Å². The number of nitriles is 1. The summed E-state index contributed by atoms with van der Waals surface area (Å²) in [7, 11) is -3.88. The van der Waals surface area contributed by atoms with E-state index in [4.69, 9.17) is 4.74 Å². The lowest BCUT2D eigenvalue weighted by Gasteiger charge is -2.24. The Morgan fingerprint density at radius 2 is 1.77 bits per heavy atom. The van der Waals surface area contributed by atoms with Gasteiger partial charge in [0, 0.05) is 41.7 Å². The zero-order chi connectivity index (χ0) is 25.3. The molecule has 8 heteroatoms. The van der Waals surface area contributed by atoms with Gasteiger partial charge in [-0.3, -0.25) is 0 Å². The average Bonchev–Trinajstić information content (AvgIpc) is 3.33. The molecule has 0 aliphatic rings. The van der Waals surface area contributed by atoms with Crippen LogP contribution in [-0.2, 0) is 14.8 Å². The highest BCUT2D eigenvalue weighted by molar-refractivity contribution is 7.93. The number of ether oxygens (including phenoxy) is 1. The minimum absolute atomic E-state index is 0.123. The molecule has 1 N–H and O–H groups in total. The number of nitrogens with zero attached hydrogens (tertiary/aromatic N) is 2. The van der Waals surface area contributed by atoms with Crippen LogP contribution >= 0.6 is 11.3 Å². The summed E-state index contributed by atoms with van der Waals surface area (Å²) in [6.45, 7) is 9.23. The van der Waals surface area contributed by atoms with Crippen molar-refractivity contribution >= 4 is 43.9 Å². The summed E-state index contributed by atoms with van der Waals surface area (Å²) < 4.78 is 32.5. The molecule has 35 heavy (non-hydrogen) atoms. The molecule has 0 aliphatic heterocycles. The predicted molar refractivity (Wildman–Crippen MR) is 147 cm³/mol. The first-order chi connectivity index (χ1) is 16.9. The second-order valence-electron chi connectivity index (χ2n) is 8.15. The maximum absolute atomic E-state index is 12.5. The molecule has 0 fully saturated rings. The Labute approximate surface area is 212 Å². The van der Waals surface area contributed by atoms with Crippen LogP contribution in [0.1, 0.15) is 38.5 Å². The van der Waals surface area contributed by atoms with Crippen LogP contribution in [0.15, 0.2) is 53.4 Å². The van der Waals surface area contributed by atoms with Gasteiger partial charge in [0.25, 0.3) is 10.0 Å². The number of thiophene rings is 1. The van der Waals surface area contributed by atoms with E-state index < -0.39 is 10.0 Å². The van der Waals surface area contributed by atoms with Crippen LogP contribution in [0.3, 0.4) is 0 Å². The smallest absolute Gasteiger partial charge is 0.250 e. The van der Waals surface area contributed by atoms with E-state index in [2.05, 4.69) is 59.9 Å². The molecule has 0 amide bonds. The molecular weight excluding hydrogens is 478 g/mol. The molecule has 0 bridgehead atoms. The highest BCUT2D eigenvalue weighted by Crippen LogP contribution is 2.33. The summed E-state index contributed by atoms with van der Waals surface area (Å²) in [5, 5.41) is 11.8. The van der Waals surface area contributed by atoms with E-state index in [9.17, 15) is 13.7 Å². The summed E-state index contributed by atoms with van der Waals surface area (Å²) >= 11 is 1.45. The number of hydrogen-bond donors (Lipinski definition) is 1. The summed E-state index contributed by atoms with van der Waals surface area (Å²) in [5.74, 6) is 0. The highest BCUT2D eigenvalue weighted by Gasteiger charge is 2.17. The Morgan fingerprint density at radius 1 is 1.06 bits per heavy atom. The third-order valence-electron chi connectivity index (χ3n) is 5.50. The van der Waals surface area contributed by atoms with Crippen LogP contribution in [0.5, 0.6) is 0 Å². The summed E-state index contributed by atoms with van der Waals surface area (Å²) in [4.78, 5) is 3.84. The van der Waals surface area contributed by atoms with Gasteiger partial charge in [-0.05, 0) is 72.5 Å². The van der Waals surface area contributed by atoms with Crippen LogP contribution in [0.4, 0.5) is 5.69 Å². The molecule has 1 heterocycles. The monoisotopic (exact) mass is 511 g/mol. The molecule has 0 atom stereocenters. The third-order valence-corrected chi connectivity index (χ3v) is 7.96. The fourth-order valence-electron chi connectivity index (χ4n) is 3.85. The van der Waals surface area contributed by atoms with Gasteiger partial charge in [-0.15, -0.1) is 11.3 Å². The van der Waals surface area contributed by atoms with Gasteiger partial charge in [0.1, 0.15) is 6.07 Å². The van der Waals surface area contributed by atoms with Crippen LogP contribution in [0.2, 0.25) is 0 Å². The lowest BCUT2D eigenvalue weighted by molar-refractivity contribution is 0.153. The fraction of sp³-hybridized carbons (Fsp3) is 0.370. The van der Waals surface area contributed by atoms with Crippen LogP contribution in [0, 0.1) is 11.3 Å². The normalized spacial score (nSPS) is 12.1. The zero-order valence-corrected chi connectivity index (χ0v) is 22.2. The molecule has 0 saturated carbocycles. The molecule has 0 aliphatic carbocycles. The number of sulfonamides is 1. The number of benzene rings is 2. The number of allylic oxidation sites excluding steroid dienone is 1. The minimum atomic E-state index is -3.88. The number of rotatable bonds is 13. The van der Waals surface area contributed by atoms with Gasteiger partial charge in [0.05, 0.1) is 6.61 Å². The Hall–Kier alpha value is -2.70. The maximum Gasteiger partial charge on any atom is 0.250 e. The first-order valence-corrected chi connectivity index (χ1v) is 14.3. The number of hydrogen-bond acceptors (Lipinski definition) is 6. The van der Waals surface area contributed by atoms with E-state index in [1.54, 1.807) is 0 Å². The van der Waals surface area contributed by atoms with Gasteiger partial charge < -0.3 is 9.64 Å². The van der Waals surface area contributed by atoms with E-state index in [0.29, 0.717) is 11.5 Å². The number of anilines is 1. The molecule has 0 spiro atoms. The third kappa shape index (κ3) is 7.15. The molecule has 0 radical (unpaired) electrons. The molecule has 1 aromatic heterocycles. The minimum Gasteiger partial charge on any atom is -0.380 e. The Balaban J connectivity index is 1.81. The lowest BCUT2D eigenvalue weighted by Crippen LogP contribution is -2.28. The van der Waals surface area contributed by atoms with Crippen molar-refractivity contribution in [2.75, 3.05) is 37.7 Å². The standard InChI is InChI=1S/C27H33N3O3S2/c1-4-14-30(15-5-2)24-10-9-21-17-23(8-7-22(21)18-24)27-12-11-25(34-27)19-26(20-28)35(31,32)29-13-16-33-6-3/h7-12,17-19,29H,4-6,13-16H2,1-3H3/b26-19+. The summed E-state index contributed by atoms with van der Waals surface area (Å²) in [5.41, 5.74) is 2.31. The molecular formula is C27H33N3O3S2. The van der Waals surface area contributed by atoms with Crippen molar-refractivity contribution in [1.29, 1.82) is 5.26 Å². The predicted octanol–water partition coefficient (Wildman–Crippen LogP) is 6.02. The molecule has 0 saturated heterocycles. The zero-order valence-electron chi connectivity index (χ0n) is 20.6. The van der Waals surface area contributed by atoms with Gasteiger partial charge >= 0.3 is 0 Å². The molecule has 3 rings (SSSR count). The van der Waals surface area contributed by atoms with Gasteiger partial charge in [-0.1, -0.05) is 32.0 Å². The Bertz CT molecular complexity index is 1300. The summed E-state index contributed by atoms with van der Waals surface area (Å²) in [6, 6.07) is 18.6. The molecule has 0 unspecified atom stereocenters. The molecule has 2 aromatic carbocycles. The van der Waals surface area contributed by atoms with Crippen molar-refractivity contribution in [3.63, 3.8) is 0 Å². The van der Waals surface area contributed by atoms with Gasteiger partial charge in [-0.25, -0.2) is 13.1 Å². The van der Waals surface area contributed by atoms with Crippen molar-refractivity contribution in [1.82, 2.24) is 4.72 Å². The van der Waals surface area contributed by atoms with Crippen LogP contribution < -0.4 is 9.62 Å². The second kappa shape index (κ2) is 12.8. The van der Waals surface area contributed by atoms with E-state index in [1.807, 2.05) is 25.1 Å². The SMILES string of the molecule is CCCN(CCC)c1ccc2cc(-c3ccc(/C=C(\C#N)S(=O)(=O)NCCOCC)s3)ccc2c1. The van der Waals surface area contributed by atoms with E-state index >= 15 is 0 Å². The number of fused-ring (bicyclic) bond motifs is 1. The van der Waals surface area contributed by atoms with Gasteiger partial charge in [0.15, 0.2) is 4.91 Å². The second-order valence-corrected chi connectivity index (χ2v) is 11.0. The molecule has 6 nitrogen and oxygen atoms in total. The summed E-state index contributed by atoms with van der Waals surface area (Å²) in [6.07, 6.45) is 3.65. The Kier molecular flexibility index (Phi) is 9.87. The average molecular weight is 512 g/mol. The maximum atomic E-state index is 12.5. The molecule has 3 aromatic rings. The van der Waals surface area contributed by atoms with E-state index in [0.717, 1.165) is 41.8 Å².